The normalized spacial score (nSPS) is 16.1. The van der Waals surface area contributed by atoms with Crippen LogP contribution in [0.1, 0.15) is 12.5 Å². The van der Waals surface area contributed by atoms with Gasteiger partial charge in [0.2, 0.25) is 0 Å². The number of phenolic OH excluding ortho intramolecular Hbond substituents is 1. The highest BCUT2D eigenvalue weighted by Gasteiger charge is 2.36. The molecular weight excluding hydrogens is 322 g/mol. The van der Waals surface area contributed by atoms with Crippen molar-refractivity contribution in [3.63, 3.8) is 0 Å². The number of ether oxygens (including phenoxy) is 2. The molecule has 0 aromatic heterocycles. The molecule has 1 saturated heterocycles. The van der Waals surface area contributed by atoms with E-state index >= 15 is 0 Å². The highest BCUT2D eigenvalue weighted by atomic mass is 32.2. The van der Waals surface area contributed by atoms with Crippen molar-refractivity contribution < 1.29 is 29.0 Å². The number of imide groups is 1. The van der Waals surface area contributed by atoms with Crippen LogP contribution in [0.2, 0.25) is 0 Å². The Morgan fingerprint density at radius 3 is 2.78 bits per heavy atom. The van der Waals surface area contributed by atoms with Gasteiger partial charge in [-0.05, 0) is 42.5 Å². The number of methoxy groups -OCH3 is 1. The smallest absolute Gasteiger partial charge is 0.325 e. The van der Waals surface area contributed by atoms with Crippen molar-refractivity contribution in [2.45, 2.75) is 6.92 Å². The van der Waals surface area contributed by atoms with Gasteiger partial charge in [-0.25, -0.2) is 0 Å². The fourth-order valence-electron chi connectivity index (χ4n) is 1.87. The molecule has 23 heavy (non-hydrogen) atoms. The number of amides is 2. The van der Waals surface area contributed by atoms with E-state index in [4.69, 9.17) is 4.74 Å². The van der Waals surface area contributed by atoms with Gasteiger partial charge >= 0.3 is 5.97 Å². The fraction of sp³-hybridized carbons (Fsp3) is 0.267. The Bertz CT molecular complexity index is 685. The van der Waals surface area contributed by atoms with Crippen molar-refractivity contribution in [3.8, 4) is 11.5 Å². The molecule has 1 aromatic carbocycles. The van der Waals surface area contributed by atoms with Gasteiger partial charge in [-0.1, -0.05) is 6.07 Å². The van der Waals surface area contributed by atoms with Crippen LogP contribution in [0.5, 0.6) is 11.5 Å². The Kier molecular flexibility index (Phi) is 5.28. The highest BCUT2D eigenvalue weighted by Crippen LogP contribution is 2.34. The van der Waals surface area contributed by atoms with Crippen molar-refractivity contribution in [1.29, 1.82) is 0 Å². The molecule has 0 atom stereocenters. The number of esters is 1. The molecule has 122 valence electrons. The quantitative estimate of drug-likeness (QED) is 0.649. The van der Waals surface area contributed by atoms with Crippen molar-refractivity contribution in [2.75, 3.05) is 20.3 Å². The molecule has 0 bridgehead atoms. The number of hydrogen-bond acceptors (Lipinski definition) is 7. The summed E-state index contributed by atoms with van der Waals surface area (Å²) in [6.45, 7) is 1.75. The van der Waals surface area contributed by atoms with Crippen LogP contribution in [-0.2, 0) is 14.3 Å². The van der Waals surface area contributed by atoms with Gasteiger partial charge < -0.3 is 14.6 Å². The van der Waals surface area contributed by atoms with E-state index in [2.05, 4.69) is 4.74 Å². The average Bonchev–Trinajstić information content (AvgIpc) is 2.78. The average molecular weight is 337 g/mol. The van der Waals surface area contributed by atoms with E-state index < -0.39 is 23.7 Å². The van der Waals surface area contributed by atoms with E-state index in [9.17, 15) is 19.5 Å². The maximum atomic E-state index is 12.2. The largest absolute Gasteiger partial charge is 0.504 e. The zero-order valence-corrected chi connectivity index (χ0v) is 13.4. The summed E-state index contributed by atoms with van der Waals surface area (Å²) in [5, 5.41) is 9.13. The summed E-state index contributed by atoms with van der Waals surface area (Å²) in [7, 11) is 1.18. The molecule has 1 aromatic rings. The number of phenols is 1. The van der Waals surface area contributed by atoms with Crippen LogP contribution >= 0.6 is 11.8 Å². The van der Waals surface area contributed by atoms with E-state index in [1.165, 1.54) is 19.3 Å². The van der Waals surface area contributed by atoms with E-state index in [1.54, 1.807) is 19.1 Å². The zero-order chi connectivity index (χ0) is 17.0. The summed E-state index contributed by atoms with van der Waals surface area (Å²) in [5.41, 5.74) is 0.592. The lowest BCUT2D eigenvalue weighted by molar-refractivity contribution is -0.143. The number of carbonyl (C=O) groups is 3. The molecule has 1 N–H and O–H groups in total. The van der Waals surface area contributed by atoms with Crippen LogP contribution in [-0.4, -0.2) is 47.4 Å². The molecule has 0 spiro atoms. The summed E-state index contributed by atoms with van der Waals surface area (Å²) in [6, 6.07) is 4.59. The molecule has 0 unspecified atom stereocenters. The number of aromatic hydroxyl groups is 1. The highest BCUT2D eigenvalue weighted by molar-refractivity contribution is 8.18. The van der Waals surface area contributed by atoms with E-state index in [-0.39, 0.29) is 16.4 Å². The predicted molar refractivity (Wildman–Crippen MR) is 84.0 cm³/mol. The molecule has 7 nitrogen and oxygen atoms in total. The van der Waals surface area contributed by atoms with Crippen molar-refractivity contribution in [3.05, 3.63) is 28.7 Å². The summed E-state index contributed by atoms with van der Waals surface area (Å²) in [4.78, 5) is 36.2. The minimum atomic E-state index is -0.670. The Balaban J connectivity index is 2.23. The van der Waals surface area contributed by atoms with Crippen molar-refractivity contribution in [2.24, 2.45) is 0 Å². The molecule has 0 radical (unpaired) electrons. The maximum absolute atomic E-state index is 12.2. The van der Waals surface area contributed by atoms with Crippen LogP contribution < -0.4 is 4.74 Å². The molecule has 2 amide bonds. The summed E-state index contributed by atoms with van der Waals surface area (Å²) < 4.78 is 9.73. The maximum Gasteiger partial charge on any atom is 0.325 e. The second-order valence-electron chi connectivity index (χ2n) is 4.50. The first-order chi connectivity index (χ1) is 11.0. The Hall–Kier alpha value is -2.48. The van der Waals surface area contributed by atoms with E-state index in [1.807, 2.05) is 0 Å². The second-order valence-corrected chi connectivity index (χ2v) is 5.50. The molecule has 0 aliphatic carbocycles. The third-order valence-corrected chi connectivity index (χ3v) is 3.88. The zero-order valence-electron chi connectivity index (χ0n) is 12.6. The monoisotopic (exact) mass is 337 g/mol. The second kappa shape index (κ2) is 7.19. The lowest BCUT2D eigenvalue weighted by atomic mass is 10.2. The van der Waals surface area contributed by atoms with Gasteiger partial charge in [0, 0.05) is 0 Å². The number of hydrogen-bond donors (Lipinski definition) is 1. The van der Waals surface area contributed by atoms with Crippen LogP contribution in [0.25, 0.3) is 6.08 Å². The molecule has 1 heterocycles. The van der Waals surface area contributed by atoms with Crippen LogP contribution in [0.15, 0.2) is 23.1 Å². The van der Waals surface area contributed by atoms with Gasteiger partial charge in [0.1, 0.15) is 6.54 Å². The van der Waals surface area contributed by atoms with Gasteiger partial charge in [-0.15, -0.1) is 0 Å². The molecule has 2 rings (SSSR count). The van der Waals surface area contributed by atoms with Gasteiger partial charge in [-0.2, -0.15) is 0 Å². The first-order valence-corrected chi connectivity index (χ1v) is 7.56. The molecule has 0 saturated carbocycles. The summed E-state index contributed by atoms with van der Waals surface area (Å²) in [5.74, 6) is -0.953. The predicted octanol–water partition coefficient (Wildman–Crippen LogP) is 2.00. The summed E-state index contributed by atoms with van der Waals surface area (Å²) >= 11 is 0.740. The van der Waals surface area contributed by atoms with Crippen LogP contribution in [0, 0.1) is 0 Å². The molecule has 1 aliphatic heterocycles. The summed E-state index contributed by atoms with van der Waals surface area (Å²) in [6.07, 6.45) is 1.50. The molecular formula is C15H15NO6S. The SMILES string of the molecule is CCOc1cc(/C=C2\SC(=O)N(CC(=O)OC)C2=O)ccc1O. The van der Waals surface area contributed by atoms with Crippen LogP contribution in [0.3, 0.4) is 0 Å². The Labute approximate surface area is 136 Å². The third kappa shape index (κ3) is 3.84. The standard InChI is InChI=1S/C15H15NO6S/c1-3-22-11-6-9(4-5-10(11)17)7-12-14(19)16(15(20)23-12)8-13(18)21-2/h4-7,17H,3,8H2,1-2H3/b12-7-. The lowest BCUT2D eigenvalue weighted by Gasteiger charge is -2.09. The van der Waals surface area contributed by atoms with Gasteiger partial charge in [-0.3, -0.25) is 19.3 Å². The van der Waals surface area contributed by atoms with Gasteiger partial charge in [0.05, 0.1) is 18.6 Å². The van der Waals surface area contributed by atoms with Gasteiger partial charge in [0.25, 0.3) is 11.1 Å². The van der Waals surface area contributed by atoms with Crippen molar-refractivity contribution >= 4 is 35.0 Å². The molecule has 8 heteroatoms. The number of nitrogens with zero attached hydrogens (tertiary/aromatic N) is 1. The number of benzene rings is 1. The number of carbonyl (C=O) groups excluding carboxylic acids is 3. The first kappa shape index (κ1) is 16.9. The Morgan fingerprint density at radius 1 is 1.39 bits per heavy atom. The number of rotatable bonds is 5. The minimum absolute atomic E-state index is 0.0113. The first-order valence-electron chi connectivity index (χ1n) is 6.74. The molecule has 1 aliphatic rings. The third-order valence-electron chi connectivity index (χ3n) is 2.97. The Morgan fingerprint density at radius 2 is 2.13 bits per heavy atom. The van der Waals surface area contributed by atoms with E-state index in [0.29, 0.717) is 12.2 Å². The fourth-order valence-corrected chi connectivity index (χ4v) is 2.71. The van der Waals surface area contributed by atoms with Crippen LogP contribution in [0.4, 0.5) is 4.79 Å². The number of thioether (sulfide) groups is 1. The molecule has 1 fully saturated rings. The van der Waals surface area contributed by atoms with E-state index in [0.717, 1.165) is 16.7 Å². The lowest BCUT2D eigenvalue weighted by Crippen LogP contribution is -2.34. The van der Waals surface area contributed by atoms with Crippen molar-refractivity contribution in [1.82, 2.24) is 4.90 Å². The minimum Gasteiger partial charge on any atom is -0.504 e. The topological polar surface area (TPSA) is 93.1 Å². The van der Waals surface area contributed by atoms with Gasteiger partial charge in [0.15, 0.2) is 11.5 Å².